The van der Waals surface area contributed by atoms with Crippen LogP contribution in [0.3, 0.4) is 0 Å². The number of likely N-dealkylation sites (N-methyl/N-ethyl adjacent to an activating group) is 1. The molecule has 0 bridgehead atoms. The first-order valence-electron chi connectivity index (χ1n) is 13.2. The van der Waals surface area contributed by atoms with Crippen LogP contribution in [0.1, 0.15) is 45.4 Å². The maximum Gasteiger partial charge on any atom is 0.245 e. The Kier molecular flexibility index (Phi) is 7.25. The fourth-order valence-corrected chi connectivity index (χ4v) is 6.11. The molecular formula is C28H38N4O3. The van der Waals surface area contributed by atoms with E-state index in [1.165, 1.54) is 11.8 Å². The molecule has 3 aliphatic rings. The van der Waals surface area contributed by atoms with Crippen molar-refractivity contribution >= 4 is 22.6 Å². The fraction of sp³-hybridized carbons (Fsp3) is 0.571. The lowest BCUT2D eigenvalue weighted by Crippen LogP contribution is -2.58. The smallest absolute Gasteiger partial charge is 0.245 e. The van der Waals surface area contributed by atoms with Crippen molar-refractivity contribution in [2.45, 2.75) is 75.7 Å². The van der Waals surface area contributed by atoms with Gasteiger partial charge in [-0.25, -0.2) is 0 Å². The minimum Gasteiger partial charge on any atom is -0.487 e. The third-order valence-electron chi connectivity index (χ3n) is 8.22. The summed E-state index contributed by atoms with van der Waals surface area (Å²) in [6.45, 7) is 3.24. The van der Waals surface area contributed by atoms with Crippen LogP contribution >= 0.6 is 0 Å². The van der Waals surface area contributed by atoms with Crippen molar-refractivity contribution in [1.29, 1.82) is 0 Å². The van der Waals surface area contributed by atoms with Gasteiger partial charge in [0.05, 0.1) is 12.1 Å². The first-order valence-corrected chi connectivity index (χ1v) is 13.2. The monoisotopic (exact) mass is 478 g/mol. The standard InChI is InChI=1S/C28H38N4O3/c1-18(29-2)27(33)31-25(20-9-4-3-5-10-20)28(34)32-15-14-23-26(32)24(17-30-23)35-22-13-12-19-8-6-7-11-21(19)16-22/h6-8,11-13,16,18,20,23-26,29-30H,3-5,9-10,14-15,17H2,1-2H3,(H,31,33)/t18-,23+,24-,25-,26-/m0/s1. The molecule has 188 valence electrons. The number of hydrogen-bond donors (Lipinski definition) is 3. The van der Waals surface area contributed by atoms with Crippen LogP contribution in [0, 0.1) is 5.92 Å². The SMILES string of the molecule is CN[C@@H](C)C(=O)N[C@H](C(=O)N1CC[C@H]2NC[C@H](Oc3ccc4ccccc4c3)[C@H]21)C1CCCCC1. The molecule has 3 N–H and O–H groups in total. The van der Waals surface area contributed by atoms with E-state index < -0.39 is 6.04 Å². The zero-order valence-electron chi connectivity index (χ0n) is 20.8. The molecule has 2 amide bonds. The van der Waals surface area contributed by atoms with E-state index in [9.17, 15) is 9.59 Å². The summed E-state index contributed by atoms with van der Waals surface area (Å²) in [7, 11) is 1.77. The van der Waals surface area contributed by atoms with Crippen molar-refractivity contribution < 1.29 is 14.3 Å². The summed E-state index contributed by atoms with van der Waals surface area (Å²) in [5.74, 6) is 0.963. The molecule has 0 aromatic heterocycles. The number of nitrogens with one attached hydrogen (secondary N) is 3. The predicted molar refractivity (Wildman–Crippen MR) is 137 cm³/mol. The highest BCUT2D eigenvalue weighted by Gasteiger charge is 2.49. The molecule has 2 aromatic carbocycles. The topological polar surface area (TPSA) is 82.7 Å². The van der Waals surface area contributed by atoms with E-state index in [2.05, 4.69) is 40.2 Å². The third-order valence-corrected chi connectivity index (χ3v) is 8.22. The fourth-order valence-electron chi connectivity index (χ4n) is 6.11. The van der Waals surface area contributed by atoms with Crippen LogP contribution in [-0.4, -0.2) is 67.1 Å². The van der Waals surface area contributed by atoms with Crippen LogP contribution in [0.5, 0.6) is 5.75 Å². The maximum absolute atomic E-state index is 14.0. The van der Waals surface area contributed by atoms with Gasteiger partial charge in [0.15, 0.2) is 0 Å². The van der Waals surface area contributed by atoms with Crippen LogP contribution in [0.15, 0.2) is 42.5 Å². The number of rotatable bonds is 7. The van der Waals surface area contributed by atoms with E-state index in [-0.39, 0.29) is 42.0 Å². The third kappa shape index (κ3) is 5.02. The summed E-state index contributed by atoms with van der Waals surface area (Å²) in [4.78, 5) is 28.8. The second-order valence-corrected chi connectivity index (χ2v) is 10.4. The molecule has 0 spiro atoms. The van der Waals surface area contributed by atoms with E-state index in [1.807, 2.05) is 30.0 Å². The number of fused-ring (bicyclic) bond motifs is 2. The van der Waals surface area contributed by atoms with Crippen LogP contribution in [0.25, 0.3) is 10.8 Å². The van der Waals surface area contributed by atoms with Gasteiger partial charge in [-0.15, -0.1) is 0 Å². The summed E-state index contributed by atoms with van der Waals surface area (Å²) < 4.78 is 6.49. The lowest BCUT2D eigenvalue weighted by molar-refractivity contribution is -0.140. The van der Waals surface area contributed by atoms with Gasteiger partial charge < -0.3 is 25.6 Å². The molecule has 0 unspecified atom stereocenters. The molecule has 5 rings (SSSR count). The Balaban J connectivity index is 1.34. The average Bonchev–Trinajstić information content (AvgIpc) is 3.49. The lowest BCUT2D eigenvalue weighted by atomic mass is 9.83. The van der Waals surface area contributed by atoms with E-state index in [0.29, 0.717) is 13.1 Å². The largest absolute Gasteiger partial charge is 0.487 e. The number of nitrogens with zero attached hydrogens (tertiary/aromatic N) is 1. The van der Waals surface area contributed by atoms with Crippen molar-refractivity contribution in [3.8, 4) is 5.75 Å². The molecule has 0 radical (unpaired) electrons. The highest BCUT2D eigenvalue weighted by atomic mass is 16.5. The summed E-state index contributed by atoms with van der Waals surface area (Å²) in [5.41, 5.74) is 0. The minimum atomic E-state index is -0.473. The molecule has 2 heterocycles. The average molecular weight is 479 g/mol. The van der Waals surface area contributed by atoms with Crippen LogP contribution < -0.4 is 20.7 Å². The van der Waals surface area contributed by atoms with Gasteiger partial charge in [-0.3, -0.25) is 9.59 Å². The summed E-state index contributed by atoms with van der Waals surface area (Å²) in [6, 6.07) is 13.8. The first kappa shape index (κ1) is 24.1. The Hall–Kier alpha value is -2.64. The normalized spacial score (nSPS) is 26.3. The van der Waals surface area contributed by atoms with Gasteiger partial charge in [0.1, 0.15) is 17.9 Å². The molecule has 3 fully saturated rings. The second kappa shape index (κ2) is 10.5. The molecule has 1 aliphatic carbocycles. The maximum atomic E-state index is 14.0. The number of likely N-dealkylation sites (tertiary alicyclic amines) is 1. The summed E-state index contributed by atoms with van der Waals surface area (Å²) in [6.07, 6.45) is 6.21. The van der Waals surface area contributed by atoms with Crippen molar-refractivity contribution in [3.05, 3.63) is 42.5 Å². The van der Waals surface area contributed by atoms with Gasteiger partial charge in [0, 0.05) is 19.1 Å². The predicted octanol–water partition coefficient (Wildman–Crippen LogP) is 2.83. The summed E-state index contributed by atoms with van der Waals surface area (Å²) >= 11 is 0. The lowest BCUT2D eigenvalue weighted by Gasteiger charge is -2.36. The number of benzene rings is 2. The Bertz CT molecular complexity index is 1050. The van der Waals surface area contributed by atoms with Gasteiger partial charge in [-0.05, 0) is 62.1 Å². The van der Waals surface area contributed by atoms with E-state index in [4.69, 9.17) is 4.74 Å². The molecule has 7 heteroatoms. The van der Waals surface area contributed by atoms with Crippen molar-refractivity contribution in [2.24, 2.45) is 5.92 Å². The number of hydrogen-bond acceptors (Lipinski definition) is 5. The number of carbonyl (C=O) groups excluding carboxylic acids is 2. The Morgan fingerprint density at radius 1 is 1.06 bits per heavy atom. The van der Waals surface area contributed by atoms with Crippen molar-refractivity contribution in [1.82, 2.24) is 20.9 Å². The number of ether oxygens (including phenoxy) is 1. The molecule has 5 atom stereocenters. The summed E-state index contributed by atoms with van der Waals surface area (Å²) in [5, 5.41) is 12.0. The highest BCUT2D eigenvalue weighted by molar-refractivity contribution is 5.90. The zero-order valence-corrected chi connectivity index (χ0v) is 20.8. The van der Waals surface area contributed by atoms with Crippen LogP contribution in [-0.2, 0) is 9.59 Å². The molecule has 2 aromatic rings. The van der Waals surface area contributed by atoms with E-state index >= 15 is 0 Å². The van der Waals surface area contributed by atoms with Gasteiger partial charge >= 0.3 is 0 Å². The first-order chi connectivity index (χ1) is 17.0. The van der Waals surface area contributed by atoms with Crippen molar-refractivity contribution in [3.63, 3.8) is 0 Å². The zero-order chi connectivity index (χ0) is 24.4. The number of carbonyl (C=O) groups is 2. The van der Waals surface area contributed by atoms with E-state index in [0.717, 1.165) is 43.2 Å². The molecule has 35 heavy (non-hydrogen) atoms. The molecule has 2 saturated heterocycles. The second-order valence-electron chi connectivity index (χ2n) is 10.4. The van der Waals surface area contributed by atoms with Crippen LogP contribution in [0.4, 0.5) is 0 Å². The van der Waals surface area contributed by atoms with Crippen LogP contribution in [0.2, 0.25) is 0 Å². The highest BCUT2D eigenvalue weighted by Crippen LogP contribution is 2.33. The minimum absolute atomic E-state index is 0.0290. The Morgan fingerprint density at radius 3 is 2.60 bits per heavy atom. The van der Waals surface area contributed by atoms with Gasteiger partial charge in [-0.1, -0.05) is 49.6 Å². The van der Waals surface area contributed by atoms with Gasteiger partial charge in [0.2, 0.25) is 11.8 Å². The molecule has 1 saturated carbocycles. The number of amides is 2. The Morgan fingerprint density at radius 2 is 1.83 bits per heavy atom. The van der Waals surface area contributed by atoms with Crippen molar-refractivity contribution in [2.75, 3.05) is 20.1 Å². The Labute approximate surface area is 208 Å². The van der Waals surface area contributed by atoms with E-state index in [1.54, 1.807) is 7.05 Å². The van der Waals surface area contributed by atoms with Gasteiger partial charge in [-0.2, -0.15) is 0 Å². The van der Waals surface area contributed by atoms with Gasteiger partial charge in [0.25, 0.3) is 0 Å². The molecule has 7 nitrogen and oxygen atoms in total. The molecular weight excluding hydrogens is 440 g/mol. The quantitative estimate of drug-likeness (QED) is 0.570. The molecule has 2 aliphatic heterocycles.